The summed E-state index contributed by atoms with van der Waals surface area (Å²) in [5.74, 6) is -0.231. The van der Waals surface area contributed by atoms with Crippen LogP contribution in [0.4, 0.5) is 18.9 Å². The summed E-state index contributed by atoms with van der Waals surface area (Å²) < 4.78 is 40.9. The zero-order valence-electron chi connectivity index (χ0n) is 10.1. The first-order valence-corrected chi connectivity index (χ1v) is 6.42. The first-order chi connectivity index (χ1) is 9.42. The molecule has 1 heterocycles. The summed E-state index contributed by atoms with van der Waals surface area (Å²) in [6.45, 7) is 0.373. The van der Waals surface area contributed by atoms with Crippen molar-refractivity contribution >= 4 is 21.6 Å². The van der Waals surface area contributed by atoms with Crippen LogP contribution >= 0.6 is 15.9 Å². The highest BCUT2D eigenvalue weighted by atomic mass is 79.9. The second-order valence-electron chi connectivity index (χ2n) is 3.92. The van der Waals surface area contributed by atoms with Crippen LogP contribution in [0.5, 0.6) is 5.75 Å². The number of benzene rings is 1. The second kappa shape index (κ2) is 6.13. The number of alkyl halides is 3. The van der Waals surface area contributed by atoms with Gasteiger partial charge in [0.05, 0.1) is 11.9 Å². The van der Waals surface area contributed by atoms with Crippen LogP contribution in [-0.2, 0) is 6.54 Å². The van der Waals surface area contributed by atoms with Gasteiger partial charge in [-0.15, -0.1) is 13.2 Å². The number of hydrogen-bond donors (Lipinski definition) is 1. The highest BCUT2D eigenvalue weighted by Gasteiger charge is 2.31. The van der Waals surface area contributed by atoms with Crippen LogP contribution in [0.1, 0.15) is 5.56 Å². The molecule has 1 N–H and O–H groups in total. The molecule has 0 radical (unpaired) electrons. The highest BCUT2D eigenvalue weighted by Crippen LogP contribution is 2.23. The fraction of sp³-hybridized carbons (Fsp3) is 0.154. The van der Waals surface area contributed by atoms with E-state index < -0.39 is 6.36 Å². The van der Waals surface area contributed by atoms with Gasteiger partial charge in [0.2, 0.25) is 0 Å². The Bertz CT molecular complexity index is 573. The van der Waals surface area contributed by atoms with Crippen LogP contribution in [0.3, 0.4) is 0 Å². The summed E-state index contributed by atoms with van der Waals surface area (Å²) in [6, 6.07) is 9.41. The number of rotatable bonds is 4. The molecular formula is C13H10BrF3N2O. The van der Waals surface area contributed by atoms with E-state index in [1.165, 1.54) is 18.2 Å². The number of nitrogens with one attached hydrogen (secondary N) is 1. The maximum atomic E-state index is 12.1. The summed E-state index contributed by atoms with van der Waals surface area (Å²) in [5.41, 5.74) is 1.45. The Labute approximate surface area is 121 Å². The van der Waals surface area contributed by atoms with Gasteiger partial charge in [-0.1, -0.05) is 12.1 Å². The van der Waals surface area contributed by atoms with Crippen molar-refractivity contribution in [2.45, 2.75) is 12.9 Å². The maximum absolute atomic E-state index is 12.1. The van der Waals surface area contributed by atoms with E-state index in [-0.39, 0.29) is 5.75 Å². The van der Waals surface area contributed by atoms with E-state index in [9.17, 15) is 13.2 Å². The van der Waals surface area contributed by atoms with Gasteiger partial charge in [0, 0.05) is 6.54 Å². The Morgan fingerprint density at radius 1 is 1.20 bits per heavy atom. The van der Waals surface area contributed by atoms with Gasteiger partial charge >= 0.3 is 6.36 Å². The average Bonchev–Trinajstić information content (AvgIpc) is 2.36. The Morgan fingerprint density at radius 2 is 2.00 bits per heavy atom. The molecule has 2 aromatic rings. The van der Waals surface area contributed by atoms with E-state index in [0.717, 1.165) is 5.69 Å². The van der Waals surface area contributed by atoms with E-state index in [1.54, 1.807) is 18.3 Å². The molecule has 1 aromatic heterocycles. The Morgan fingerprint density at radius 3 is 2.65 bits per heavy atom. The molecule has 0 saturated carbocycles. The molecule has 0 unspecified atom stereocenters. The van der Waals surface area contributed by atoms with Gasteiger partial charge in [-0.3, -0.25) is 0 Å². The van der Waals surface area contributed by atoms with Crippen molar-refractivity contribution < 1.29 is 17.9 Å². The molecule has 0 fully saturated rings. The molecule has 0 bridgehead atoms. The molecule has 106 valence electrons. The fourth-order valence-corrected chi connectivity index (χ4v) is 1.77. The number of hydrogen-bond acceptors (Lipinski definition) is 3. The fourth-order valence-electron chi connectivity index (χ4n) is 1.54. The first-order valence-electron chi connectivity index (χ1n) is 5.62. The zero-order chi connectivity index (χ0) is 14.6. The van der Waals surface area contributed by atoms with E-state index in [2.05, 4.69) is 31.0 Å². The Kier molecular flexibility index (Phi) is 4.49. The van der Waals surface area contributed by atoms with Gasteiger partial charge in [-0.2, -0.15) is 0 Å². The highest BCUT2D eigenvalue weighted by molar-refractivity contribution is 9.10. The van der Waals surface area contributed by atoms with Crippen molar-refractivity contribution in [3.8, 4) is 5.75 Å². The molecule has 7 heteroatoms. The minimum absolute atomic E-state index is 0.231. The minimum Gasteiger partial charge on any atom is -0.406 e. The van der Waals surface area contributed by atoms with Crippen LogP contribution in [0.2, 0.25) is 0 Å². The number of nitrogens with zero attached hydrogens (tertiary/aromatic N) is 1. The molecule has 0 amide bonds. The lowest BCUT2D eigenvalue weighted by atomic mass is 10.2. The van der Waals surface area contributed by atoms with E-state index in [4.69, 9.17) is 0 Å². The van der Waals surface area contributed by atoms with E-state index >= 15 is 0 Å². The lowest BCUT2D eigenvalue weighted by Gasteiger charge is -2.11. The third-order valence-corrected chi connectivity index (χ3v) is 2.83. The van der Waals surface area contributed by atoms with Crippen molar-refractivity contribution in [2.75, 3.05) is 5.32 Å². The minimum atomic E-state index is -4.68. The van der Waals surface area contributed by atoms with Crippen molar-refractivity contribution in [1.82, 2.24) is 4.98 Å². The quantitative estimate of drug-likeness (QED) is 0.835. The smallest absolute Gasteiger partial charge is 0.406 e. The van der Waals surface area contributed by atoms with Crippen LogP contribution in [-0.4, -0.2) is 11.3 Å². The number of pyridine rings is 1. The molecule has 1 aromatic carbocycles. The average molecular weight is 347 g/mol. The normalized spacial score (nSPS) is 11.2. The summed E-state index contributed by atoms with van der Waals surface area (Å²) in [6.07, 6.45) is -3.05. The predicted molar refractivity (Wildman–Crippen MR) is 72.4 cm³/mol. The Balaban J connectivity index is 1.99. The number of aromatic nitrogens is 1. The van der Waals surface area contributed by atoms with E-state index in [1.807, 2.05) is 6.07 Å². The summed E-state index contributed by atoms with van der Waals surface area (Å²) in [4.78, 5) is 4.04. The molecule has 3 nitrogen and oxygen atoms in total. The summed E-state index contributed by atoms with van der Waals surface area (Å²) in [5, 5.41) is 3.06. The molecular weight excluding hydrogens is 337 g/mol. The van der Waals surface area contributed by atoms with Gasteiger partial charge in [-0.25, -0.2) is 4.98 Å². The van der Waals surface area contributed by atoms with Gasteiger partial charge < -0.3 is 10.1 Å². The molecule has 0 saturated heterocycles. The molecule has 0 aliphatic carbocycles. The zero-order valence-corrected chi connectivity index (χ0v) is 11.7. The largest absolute Gasteiger partial charge is 0.573 e. The molecule has 0 aliphatic heterocycles. The predicted octanol–water partition coefficient (Wildman–Crippen LogP) is 4.35. The van der Waals surface area contributed by atoms with Gasteiger partial charge in [-0.05, 0) is 45.8 Å². The van der Waals surface area contributed by atoms with Crippen LogP contribution in [0.15, 0.2) is 47.2 Å². The van der Waals surface area contributed by atoms with Crippen LogP contribution < -0.4 is 10.1 Å². The number of halogens is 4. The molecule has 20 heavy (non-hydrogen) atoms. The van der Waals surface area contributed by atoms with Gasteiger partial charge in [0.15, 0.2) is 0 Å². The second-order valence-corrected chi connectivity index (χ2v) is 4.73. The molecule has 2 rings (SSSR count). The maximum Gasteiger partial charge on any atom is 0.573 e. The SMILES string of the molecule is FC(F)(F)Oc1cccc(CNc2ccc(Br)nc2)c1. The van der Waals surface area contributed by atoms with Gasteiger partial charge in [0.25, 0.3) is 0 Å². The third-order valence-electron chi connectivity index (χ3n) is 2.36. The number of ether oxygens (including phenoxy) is 1. The van der Waals surface area contributed by atoms with Crippen LogP contribution in [0, 0.1) is 0 Å². The topological polar surface area (TPSA) is 34.1 Å². The van der Waals surface area contributed by atoms with Crippen molar-refractivity contribution in [1.29, 1.82) is 0 Å². The molecule has 0 atom stereocenters. The van der Waals surface area contributed by atoms with Crippen LogP contribution in [0.25, 0.3) is 0 Å². The molecule has 0 spiro atoms. The Hall–Kier alpha value is -1.76. The lowest BCUT2D eigenvalue weighted by molar-refractivity contribution is -0.274. The van der Waals surface area contributed by atoms with Gasteiger partial charge in [0.1, 0.15) is 10.4 Å². The van der Waals surface area contributed by atoms with Crippen molar-refractivity contribution in [3.05, 3.63) is 52.8 Å². The number of anilines is 1. The lowest BCUT2D eigenvalue weighted by Crippen LogP contribution is -2.17. The first kappa shape index (κ1) is 14.6. The van der Waals surface area contributed by atoms with Crippen molar-refractivity contribution in [2.24, 2.45) is 0 Å². The summed E-state index contributed by atoms with van der Waals surface area (Å²) in [7, 11) is 0. The van der Waals surface area contributed by atoms with E-state index in [0.29, 0.717) is 16.7 Å². The summed E-state index contributed by atoms with van der Waals surface area (Å²) >= 11 is 3.22. The monoisotopic (exact) mass is 346 g/mol. The molecule has 0 aliphatic rings. The van der Waals surface area contributed by atoms with Crippen molar-refractivity contribution in [3.63, 3.8) is 0 Å². The standard InChI is InChI=1S/C13H10BrF3N2O/c14-12-5-4-10(8-19-12)18-7-9-2-1-3-11(6-9)20-13(15,16)17/h1-6,8,18H,7H2. The third kappa shape index (κ3) is 4.73.